The molecule has 114 valence electrons. The molecule has 0 aromatic carbocycles. The Kier molecular flexibility index (Phi) is 5.48. The van der Waals surface area contributed by atoms with Gasteiger partial charge in [-0.3, -0.25) is 9.47 Å². The van der Waals surface area contributed by atoms with Crippen LogP contribution in [0.3, 0.4) is 0 Å². The van der Waals surface area contributed by atoms with Crippen LogP contribution in [0.2, 0.25) is 0 Å². The van der Waals surface area contributed by atoms with Gasteiger partial charge in [0.15, 0.2) is 0 Å². The maximum Gasteiger partial charge on any atom is 0.319 e. The van der Waals surface area contributed by atoms with Gasteiger partial charge in [-0.25, -0.2) is 4.98 Å². The lowest BCUT2D eigenvalue weighted by Crippen LogP contribution is -2.45. The molecular formula is C14H24F2N4. The summed E-state index contributed by atoms with van der Waals surface area (Å²) in [4.78, 5) is 6.33. The van der Waals surface area contributed by atoms with Crippen molar-refractivity contribution in [1.82, 2.24) is 14.5 Å². The van der Waals surface area contributed by atoms with Gasteiger partial charge in [0, 0.05) is 18.4 Å². The monoisotopic (exact) mass is 286 g/mol. The number of imidazole rings is 1. The van der Waals surface area contributed by atoms with Crippen molar-refractivity contribution in [2.24, 2.45) is 11.7 Å². The molecule has 2 unspecified atom stereocenters. The number of alkyl halides is 2. The fraction of sp³-hybridized carbons (Fsp3) is 0.786. The molecular weight excluding hydrogens is 262 g/mol. The summed E-state index contributed by atoms with van der Waals surface area (Å²) < 4.78 is 26.7. The molecule has 2 N–H and O–H groups in total. The van der Waals surface area contributed by atoms with E-state index in [1.54, 1.807) is 0 Å². The Hall–Kier alpha value is -1.01. The number of aromatic nitrogens is 2. The van der Waals surface area contributed by atoms with Crippen molar-refractivity contribution in [3.63, 3.8) is 0 Å². The predicted octanol–water partition coefficient (Wildman–Crippen LogP) is 2.62. The van der Waals surface area contributed by atoms with Crippen LogP contribution in [0, 0.1) is 5.92 Å². The quantitative estimate of drug-likeness (QED) is 0.874. The van der Waals surface area contributed by atoms with Crippen molar-refractivity contribution in [3.05, 3.63) is 18.2 Å². The van der Waals surface area contributed by atoms with E-state index < -0.39 is 6.55 Å². The summed E-state index contributed by atoms with van der Waals surface area (Å²) in [5.41, 5.74) is 5.87. The zero-order chi connectivity index (χ0) is 14.5. The highest BCUT2D eigenvalue weighted by atomic mass is 19.3. The SMILES string of the molecule is CCN(Cc1nccn1C(F)F)C1CCCCC1CN. The van der Waals surface area contributed by atoms with E-state index in [9.17, 15) is 8.78 Å². The Morgan fingerprint density at radius 3 is 2.85 bits per heavy atom. The molecule has 0 radical (unpaired) electrons. The van der Waals surface area contributed by atoms with Crippen molar-refractivity contribution in [2.45, 2.75) is 51.7 Å². The number of halogens is 2. The van der Waals surface area contributed by atoms with Gasteiger partial charge >= 0.3 is 6.55 Å². The topological polar surface area (TPSA) is 47.1 Å². The Balaban J connectivity index is 2.09. The second kappa shape index (κ2) is 7.13. The summed E-state index contributed by atoms with van der Waals surface area (Å²) in [7, 11) is 0. The predicted molar refractivity (Wildman–Crippen MR) is 74.4 cm³/mol. The van der Waals surface area contributed by atoms with Crippen molar-refractivity contribution in [1.29, 1.82) is 0 Å². The van der Waals surface area contributed by atoms with E-state index in [1.807, 2.05) is 0 Å². The van der Waals surface area contributed by atoms with Crippen molar-refractivity contribution in [3.8, 4) is 0 Å². The third-order valence-electron chi connectivity index (χ3n) is 4.35. The van der Waals surface area contributed by atoms with E-state index in [4.69, 9.17) is 5.73 Å². The minimum Gasteiger partial charge on any atom is -0.330 e. The number of rotatable bonds is 6. The molecule has 2 rings (SSSR count). The molecule has 1 aliphatic rings. The van der Waals surface area contributed by atoms with Gasteiger partial charge in [-0.1, -0.05) is 19.8 Å². The van der Waals surface area contributed by atoms with Crippen LogP contribution in [-0.4, -0.2) is 33.6 Å². The summed E-state index contributed by atoms with van der Waals surface area (Å²) in [6.45, 7) is 1.51. The Morgan fingerprint density at radius 1 is 1.45 bits per heavy atom. The zero-order valence-electron chi connectivity index (χ0n) is 12.0. The molecule has 0 amide bonds. The molecule has 0 spiro atoms. The molecule has 1 fully saturated rings. The van der Waals surface area contributed by atoms with Crippen LogP contribution >= 0.6 is 0 Å². The molecule has 1 saturated carbocycles. The van der Waals surface area contributed by atoms with Crippen LogP contribution in [0.1, 0.15) is 45.0 Å². The number of hydrogen-bond donors (Lipinski definition) is 1. The third kappa shape index (κ3) is 3.35. The van der Waals surface area contributed by atoms with Crippen molar-refractivity contribution >= 4 is 0 Å². The Labute approximate surface area is 119 Å². The van der Waals surface area contributed by atoms with E-state index in [2.05, 4.69) is 16.8 Å². The highest BCUT2D eigenvalue weighted by Gasteiger charge is 2.29. The fourth-order valence-electron chi connectivity index (χ4n) is 3.23. The molecule has 1 heterocycles. The lowest BCUT2D eigenvalue weighted by atomic mass is 9.83. The van der Waals surface area contributed by atoms with Crippen molar-refractivity contribution in [2.75, 3.05) is 13.1 Å². The van der Waals surface area contributed by atoms with Gasteiger partial charge in [0.1, 0.15) is 5.82 Å². The van der Waals surface area contributed by atoms with Crippen LogP contribution in [0.4, 0.5) is 8.78 Å². The Bertz CT molecular complexity index is 408. The lowest BCUT2D eigenvalue weighted by molar-refractivity contribution is 0.0566. The molecule has 0 bridgehead atoms. The largest absolute Gasteiger partial charge is 0.330 e. The normalized spacial score (nSPS) is 23.7. The smallest absolute Gasteiger partial charge is 0.319 e. The average Bonchev–Trinajstić information content (AvgIpc) is 2.93. The molecule has 20 heavy (non-hydrogen) atoms. The minimum atomic E-state index is -2.53. The summed E-state index contributed by atoms with van der Waals surface area (Å²) >= 11 is 0. The molecule has 1 aromatic heterocycles. The second-order valence-electron chi connectivity index (χ2n) is 5.44. The van der Waals surface area contributed by atoms with E-state index in [-0.39, 0.29) is 0 Å². The van der Waals surface area contributed by atoms with Crippen LogP contribution in [-0.2, 0) is 6.54 Å². The third-order valence-corrected chi connectivity index (χ3v) is 4.35. The van der Waals surface area contributed by atoms with Gasteiger partial charge < -0.3 is 5.73 Å². The van der Waals surface area contributed by atoms with Crippen LogP contribution in [0.15, 0.2) is 12.4 Å². The van der Waals surface area contributed by atoms with E-state index in [0.29, 0.717) is 30.9 Å². The summed E-state index contributed by atoms with van der Waals surface area (Å²) in [5, 5.41) is 0. The van der Waals surface area contributed by atoms with Crippen LogP contribution in [0.5, 0.6) is 0 Å². The summed E-state index contributed by atoms with van der Waals surface area (Å²) in [6, 6.07) is 0.390. The van der Waals surface area contributed by atoms with Gasteiger partial charge in [0.2, 0.25) is 0 Å². The van der Waals surface area contributed by atoms with E-state index >= 15 is 0 Å². The first-order valence-corrected chi connectivity index (χ1v) is 7.41. The van der Waals surface area contributed by atoms with Crippen LogP contribution in [0.25, 0.3) is 0 Å². The maximum atomic E-state index is 12.9. The van der Waals surface area contributed by atoms with Gasteiger partial charge in [0.05, 0.1) is 6.54 Å². The average molecular weight is 286 g/mol. The highest BCUT2D eigenvalue weighted by Crippen LogP contribution is 2.29. The molecule has 0 aliphatic heterocycles. The second-order valence-corrected chi connectivity index (χ2v) is 5.44. The molecule has 1 aromatic rings. The standard InChI is InChI=1S/C14H24F2N4/c1-2-19(12-6-4-3-5-11(12)9-17)10-13-18-7-8-20(13)14(15)16/h7-8,11-12,14H,2-6,9-10,17H2,1H3. The van der Waals surface area contributed by atoms with Gasteiger partial charge in [0.25, 0.3) is 0 Å². The number of nitrogens with two attached hydrogens (primary N) is 1. The lowest BCUT2D eigenvalue weighted by Gasteiger charge is -2.39. The Morgan fingerprint density at radius 2 is 2.20 bits per heavy atom. The first kappa shape index (κ1) is 15.4. The van der Waals surface area contributed by atoms with Gasteiger partial charge in [-0.2, -0.15) is 8.78 Å². The molecule has 6 heteroatoms. The van der Waals surface area contributed by atoms with E-state index in [1.165, 1.54) is 25.2 Å². The summed E-state index contributed by atoms with van der Waals surface area (Å²) in [5.74, 6) is 0.904. The minimum absolute atomic E-state index is 0.390. The van der Waals surface area contributed by atoms with Gasteiger partial charge in [-0.05, 0) is 31.8 Å². The summed E-state index contributed by atoms with van der Waals surface area (Å²) in [6.07, 6.45) is 7.44. The number of nitrogens with zero attached hydrogens (tertiary/aromatic N) is 3. The zero-order valence-corrected chi connectivity index (χ0v) is 12.0. The molecule has 1 aliphatic carbocycles. The van der Waals surface area contributed by atoms with Crippen LogP contribution < -0.4 is 5.73 Å². The van der Waals surface area contributed by atoms with Gasteiger partial charge in [-0.15, -0.1) is 0 Å². The molecule has 0 saturated heterocycles. The first-order chi connectivity index (χ1) is 9.67. The number of hydrogen-bond acceptors (Lipinski definition) is 3. The van der Waals surface area contributed by atoms with Crippen molar-refractivity contribution < 1.29 is 8.78 Å². The fourth-order valence-corrected chi connectivity index (χ4v) is 3.23. The molecule has 2 atom stereocenters. The maximum absolute atomic E-state index is 12.9. The van der Waals surface area contributed by atoms with E-state index in [0.717, 1.165) is 24.0 Å². The first-order valence-electron chi connectivity index (χ1n) is 7.41. The highest BCUT2D eigenvalue weighted by molar-refractivity contribution is 4.95. The molecule has 4 nitrogen and oxygen atoms in total.